The molecule has 3 rings (SSSR count). The van der Waals surface area contributed by atoms with Gasteiger partial charge >= 0.3 is 0 Å². The molecule has 0 spiro atoms. The maximum absolute atomic E-state index is 14.3. The molecule has 2 N–H and O–H groups in total. The lowest BCUT2D eigenvalue weighted by molar-refractivity contribution is -0.130. The predicted molar refractivity (Wildman–Crippen MR) is 155 cm³/mol. The summed E-state index contributed by atoms with van der Waals surface area (Å²) in [6, 6.07) is 3.83. The molecule has 0 saturated heterocycles. The number of H-pyrrole nitrogens is 1. The van der Waals surface area contributed by atoms with Gasteiger partial charge in [-0.3, -0.25) is 19.2 Å². The van der Waals surface area contributed by atoms with Crippen LogP contribution >= 0.6 is 8.58 Å². The maximum Gasteiger partial charge on any atom is 0.265 e. The molecule has 0 bridgehead atoms. The summed E-state index contributed by atoms with van der Waals surface area (Å²) in [4.78, 5) is 58.7. The Morgan fingerprint density at radius 1 is 1.15 bits per heavy atom. The van der Waals surface area contributed by atoms with Crippen molar-refractivity contribution >= 4 is 49.2 Å². The molecule has 210 valence electrons. The zero-order valence-corrected chi connectivity index (χ0v) is 24.7. The number of hydrogen-bond acceptors (Lipinski definition) is 5. The van der Waals surface area contributed by atoms with E-state index in [0.29, 0.717) is 29.1 Å². The number of benzene rings is 1. The van der Waals surface area contributed by atoms with E-state index in [-0.39, 0.29) is 36.8 Å². The number of halogens is 1. The maximum atomic E-state index is 14.3. The van der Waals surface area contributed by atoms with Crippen molar-refractivity contribution in [2.24, 2.45) is 11.8 Å². The van der Waals surface area contributed by atoms with E-state index in [1.807, 2.05) is 0 Å². The van der Waals surface area contributed by atoms with Gasteiger partial charge in [-0.25, -0.2) is 9.29 Å². The second kappa shape index (κ2) is 12.8. The van der Waals surface area contributed by atoms with Gasteiger partial charge in [0.15, 0.2) is 5.52 Å². The highest BCUT2D eigenvalue weighted by molar-refractivity contribution is 7.57. The molecule has 3 atom stereocenters. The number of aromatic nitrogens is 1. The van der Waals surface area contributed by atoms with Gasteiger partial charge in [0.05, 0.1) is 16.8 Å². The summed E-state index contributed by atoms with van der Waals surface area (Å²) in [5.41, 5.74) is 2.95. The lowest BCUT2D eigenvalue weighted by Crippen LogP contribution is -2.40. The quantitative estimate of drug-likeness (QED) is 0.316. The van der Waals surface area contributed by atoms with E-state index in [0.717, 1.165) is 24.5 Å². The Balaban J connectivity index is 1.96. The number of aryl methyl sites for hydroxylation is 1. The summed E-state index contributed by atoms with van der Waals surface area (Å²) in [6.45, 7) is 15.8. The van der Waals surface area contributed by atoms with Gasteiger partial charge in [0, 0.05) is 41.9 Å². The number of aromatic amines is 1. The van der Waals surface area contributed by atoms with Crippen molar-refractivity contribution in [1.29, 1.82) is 0 Å². The summed E-state index contributed by atoms with van der Waals surface area (Å²) in [7, 11) is 0.0399. The highest BCUT2D eigenvalue weighted by Gasteiger charge is 2.40. The molecule has 39 heavy (non-hydrogen) atoms. The topological polar surface area (TPSA) is 103 Å². The highest BCUT2D eigenvalue weighted by Crippen LogP contribution is 2.40. The second-order valence-electron chi connectivity index (χ2n) is 9.84. The summed E-state index contributed by atoms with van der Waals surface area (Å²) >= 11 is 0. The Kier molecular flexibility index (Phi) is 9.97. The van der Waals surface area contributed by atoms with Gasteiger partial charge in [0.2, 0.25) is 5.91 Å². The zero-order chi connectivity index (χ0) is 29.0. The van der Waals surface area contributed by atoms with Gasteiger partial charge in [0.1, 0.15) is 5.82 Å². The number of carbonyl (C=O) groups is 4. The van der Waals surface area contributed by atoms with Crippen LogP contribution in [0.25, 0.3) is 11.6 Å². The standard InChI is InChI=1S/C29H38FN4O4P/c1-8-33(9-2)13-12-31-26(35)25-18(5)23(32-19(25)6)15-22-21-14-20(30)10-11-24(21)34(28(22)37)27(36)16(3)17(4)29(38)39-7/h10-11,14-17,32,39H,8-9,12-13H2,1-7H3,(H,31,35)/b22-15-. The zero-order valence-electron chi connectivity index (χ0n) is 23.7. The average molecular weight is 557 g/mol. The number of hydrogen-bond donors (Lipinski definition) is 2. The third kappa shape index (κ3) is 6.20. The number of fused-ring (bicyclic) bond motifs is 1. The fraction of sp³-hybridized carbons (Fsp3) is 0.448. The molecular weight excluding hydrogens is 518 g/mol. The minimum absolute atomic E-state index is 0.0399. The van der Waals surface area contributed by atoms with Crippen LogP contribution in [0, 0.1) is 31.5 Å². The molecule has 1 aliphatic rings. The molecular formula is C29H38FN4O4P. The number of amides is 3. The van der Waals surface area contributed by atoms with Gasteiger partial charge < -0.3 is 15.2 Å². The molecule has 3 amide bonds. The molecule has 3 unspecified atom stereocenters. The van der Waals surface area contributed by atoms with Crippen LogP contribution in [-0.2, 0) is 14.4 Å². The number of carbonyl (C=O) groups excluding carboxylic acids is 4. The Hall–Kier alpha value is -3.16. The Labute approximate surface area is 231 Å². The van der Waals surface area contributed by atoms with Crippen LogP contribution in [0.4, 0.5) is 10.1 Å². The molecule has 0 radical (unpaired) electrons. The average Bonchev–Trinajstić information content (AvgIpc) is 3.35. The van der Waals surface area contributed by atoms with E-state index in [2.05, 4.69) is 29.0 Å². The molecule has 0 aliphatic carbocycles. The molecule has 10 heteroatoms. The van der Waals surface area contributed by atoms with E-state index in [1.54, 1.807) is 40.4 Å². The van der Waals surface area contributed by atoms with Crippen LogP contribution < -0.4 is 10.2 Å². The monoisotopic (exact) mass is 556 g/mol. The minimum atomic E-state index is -0.729. The molecule has 0 fully saturated rings. The van der Waals surface area contributed by atoms with Crippen molar-refractivity contribution in [1.82, 2.24) is 15.2 Å². The summed E-state index contributed by atoms with van der Waals surface area (Å²) in [5.74, 6) is -3.15. The van der Waals surface area contributed by atoms with Crippen molar-refractivity contribution in [3.63, 3.8) is 0 Å². The van der Waals surface area contributed by atoms with E-state index in [4.69, 9.17) is 0 Å². The first kappa shape index (κ1) is 30.4. The van der Waals surface area contributed by atoms with E-state index < -0.39 is 29.5 Å². The number of nitrogens with one attached hydrogen (secondary N) is 2. The SMILES string of the molecule is CCN(CC)CCNC(=O)c1c(C)[nH]c(/C=C2\C(=O)N(C(=O)C(C)C(C)C(=O)PC)c3ccc(F)cc32)c1C. The smallest absolute Gasteiger partial charge is 0.265 e. The van der Waals surface area contributed by atoms with Crippen molar-refractivity contribution in [3.8, 4) is 0 Å². The first-order chi connectivity index (χ1) is 18.5. The summed E-state index contributed by atoms with van der Waals surface area (Å²) in [6.07, 6.45) is 1.57. The molecule has 2 aromatic rings. The lowest BCUT2D eigenvalue weighted by atomic mass is 9.95. The van der Waals surface area contributed by atoms with Crippen LogP contribution in [0.1, 0.15) is 60.6 Å². The molecule has 0 saturated carbocycles. The minimum Gasteiger partial charge on any atom is -0.358 e. The van der Waals surface area contributed by atoms with Crippen molar-refractivity contribution < 1.29 is 23.6 Å². The Morgan fingerprint density at radius 3 is 2.44 bits per heavy atom. The largest absolute Gasteiger partial charge is 0.358 e. The summed E-state index contributed by atoms with van der Waals surface area (Å²) in [5, 5.41) is 2.96. The van der Waals surface area contributed by atoms with E-state index in [1.165, 1.54) is 18.2 Å². The first-order valence-corrected chi connectivity index (χ1v) is 14.8. The van der Waals surface area contributed by atoms with E-state index in [9.17, 15) is 23.6 Å². The number of likely N-dealkylation sites (N-methyl/N-ethyl adjacent to an activating group) is 1. The van der Waals surface area contributed by atoms with Crippen molar-refractivity contribution in [2.45, 2.75) is 41.5 Å². The van der Waals surface area contributed by atoms with Gasteiger partial charge in [-0.1, -0.05) is 36.3 Å². The second-order valence-corrected chi connectivity index (χ2v) is 10.8. The molecule has 1 aromatic heterocycles. The van der Waals surface area contributed by atoms with E-state index >= 15 is 0 Å². The third-order valence-electron chi connectivity index (χ3n) is 7.54. The van der Waals surface area contributed by atoms with Crippen LogP contribution in [0.3, 0.4) is 0 Å². The van der Waals surface area contributed by atoms with Crippen LogP contribution in [0.15, 0.2) is 18.2 Å². The normalized spacial score (nSPS) is 15.9. The summed E-state index contributed by atoms with van der Waals surface area (Å²) < 4.78 is 14.3. The number of imide groups is 1. The predicted octanol–water partition coefficient (Wildman–Crippen LogP) is 4.36. The fourth-order valence-corrected chi connectivity index (χ4v) is 5.56. The van der Waals surface area contributed by atoms with Crippen LogP contribution in [-0.4, -0.2) is 66.0 Å². The van der Waals surface area contributed by atoms with Gasteiger partial charge in [-0.15, -0.1) is 0 Å². The Bertz CT molecular complexity index is 1310. The molecule has 8 nitrogen and oxygen atoms in total. The number of anilines is 1. The number of rotatable bonds is 11. The molecule has 1 aromatic carbocycles. The molecule has 1 aliphatic heterocycles. The van der Waals surface area contributed by atoms with Gasteiger partial charge in [-0.2, -0.15) is 0 Å². The fourth-order valence-electron chi connectivity index (χ4n) is 4.85. The Morgan fingerprint density at radius 2 is 1.82 bits per heavy atom. The molecule has 2 heterocycles. The number of nitrogens with zero attached hydrogens (tertiary/aromatic N) is 2. The van der Waals surface area contributed by atoms with Gasteiger partial charge in [-0.05, 0) is 63.4 Å². The lowest BCUT2D eigenvalue weighted by Gasteiger charge is -2.23. The van der Waals surface area contributed by atoms with Crippen molar-refractivity contribution in [3.05, 3.63) is 52.1 Å². The third-order valence-corrected chi connectivity index (χ3v) is 8.49. The van der Waals surface area contributed by atoms with Gasteiger partial charge in [0.25, 0.3) is 11.8 Å². The first-order valence-electron chi connectivity index (χ1n) is 13.3. The van der Waals surface area contributed by atoms with Crippen LogP contribution in [0.5, 0.6) is 0 Å². The highest BCUT2D eigenvalue weighted by atomic mass is 31.1. The van der Waals surface area contributed by atoms with Crippen LogP contribution in [0.2, 0.25) is 0 Å². The van der Waals surface area contributed by atoms with Crippen molar-refractivity contribution in [2.75, 3.05) is 37.7 Å².